The molecule has 7 heterocycles. The van der Waals surface area contributed by atoms with Crippen molar-refractivity contribution < 1.29 is 24.3 Å². The molecule has 3 aliphatic carbocycles. The van der Waals surface area contributed by atoms with Gasteiger partial charge in [-0.3, -0.25) is 28.4 Å². The van der Waals surface area contributed by atoms with E-state index in [1.54, 1.807) is 10.9 Å². The highest BCUT2D eigenvalue weighted by atomic mass is 32.2. The maximum Gasteiger partial charge on any atom is 0.269 e. The van der Waals surface area contributed by atoms with Crippen LogP contribution in [0.3, 0.4) is 0 Å². The van der Waals surface area contributed by atoms with E-state index in [1.807, 2.05) is 35.8 Å². The number of hydrogen-bond acceptors (Lipinski definition) is 19. The van der Waals surface area contributed by atoms with Gasteiger partial charge in [0.15, 0.2) is 32.6 Å². The number of nitrogens with zero attached hydrogens (tertiary/aromatic N) is 14. The zero-order valence-electron chi connectivity index (χ0n) is 40.3. The van der Waals surface area contributed by atoms with Gasteiger partial charge in [0, 0.05) is 47.9 Å². The van der Waals surface area contributed by atoms with E-state index < -0.39 is 17.7 Å². The van der Waals surface area contributed by atoms with Gasteiger partial charge in [-0.25, -0.2) is 29.9 Å². The third-order valence-electron chi connectivity index (χ3n) is 13.0. The first-order valence-electron chi connectivity index (χ1n) is 23.1. The largest absolute Gasteiger partial charge is 0.394 e. The Morgan fingerprint density at radius 3 is 1.35 bits per heavy atom. The monoisotopic (exact) mass is 1020 g/mol. The number of aldehydes is 1. The molecular formula is C46H57N17O5S3. The molecule has 0 spiro atoms. The highest BCUT2D eigenvalue weighted by molar-refractivity contribution is 7.98. The molecule has 22 nitrogen and oxygen atoms in total. The number of nitrogens with two attached hydrogens (primary N) is 3. The molecule has 0 unspecified atom stereocenters. The second-order valence-corrected chi connectivity index (χ2v) is 19.7. The quantitative estimate of drug-likeness (QED) is 0.0689. The molecule has 6 aromatic heterocycles. The van der Waals surface area contributed by atoms with E-state index in [1.165, 1.54) is 52.8 Å². The Hall–Kier alpha value is -6.12. The van der Waals surface area contributed by atoms with Crippen molar-refractivity contribution in [2.45, 2.75) is 92.5 Å². The molecule has 7 N–H and O–H groups in total. The second-order valence-electron chi connectivity index (χ2n) is 17.4. The number of likely N-dealkylation sites (tertiary alicyclic amines) is 1. The third kappa shape index (κ3) is 10.7. The normalized spacial score (nSPS) is 14.6. The first kappa shape index (κ1) is 51.2. The summed E-state index contributed by atoms with van der Waals surface area (Å²) in [5.74, 6) is -1.60. The number of carbonyl (C=O) groups is 4. The molecule has 3 amide bonds. The van der Waals surface area contributed by atoms with Crippen LogP contribution in [0.15, 0.2) is 34.1 Å². The van der Waals surface area contributed by atoms with Crippen molar-refractivity contribution in [1.29, 1.82) is 0 Å². The molecule has 0 aromatic carbocycles. The minimum Gasteiger partial charge on any atom is -0.394 e. The Morgan fingerprint density at radius 2 is 1.00 bits per heavy atom. The van der Waals surface area contributed by atoms with Gasteiger partial charge in [-0.15, -0.1) is 0 Å². The van der Waals surface area contributed by atoms with Crippen LogP contribution < -0.4 is 17.2 Å². The molecule has 6 aromatic rings. The molecule has 71 heavy (non-hydrogen) atoms. The van der Waals surface area contributed by atoms with Crippen LogP contribution in [0.4, 0.5) is 0 Å². The van der Waals surface area contributed by atoms with Crippen molar-refractivity contribution in [2.24, 2.45) is 17.2 Å². The SMILES string of the molecule is CSc1ncc2c(n1)-c1c(c(C(N)=O)nn1CC=O)CC2.CSc1ncc2c(n1)-c1c(c(C(N)=O)nn1CCN1CCC(N(C)C)CC1)CC2.CSc1ncc2c(n1)-c1c(c(C(N)=O)nn1CCO)CC2. The predicted octanol–water partition coefficient (Wildman–Crippen LogP) is 2.00. The molecule has 1 fully saturated rings. The van der Waals surface area contributed by atoms with Crippen molar-refractivity contribution >= 4 is 59.3 Å². The number of thioether (sulfide) groups is 3. The van der Waals surface area contributed by atoms with Crippen molar-refractivity contribution in [3.63, 3.8) is 0 Å². The highest BCUT2D eigenvalue weighted by Crippen LogP contribution is 2.37. The van der Waals surface area contributed by atoms with E-state index in [9.17, 15) is 24.3 Å². The number of aryl methyl sites for hydroxylation is 3. The number of hydrogen-bond donors (Lipinski definition) is 4. The lowest BCUT2D eigenvalue weighted by Crippen LogP contribution is -2.43. The molecule has 4 aliphatic rings. The maximum atomic E-state index is 12.0. The van der Waals surface area contributed by atoms with E-state index >= 15 is 0 Å². The van der Waals surface area contributed by atoms with Crippen molar-refractivity contribution in [3.05, 3.63) is 69.1 Å². The summed E-state index contributed by atoms with van der Waals surface area (Å²) in [6.07, 6.45) is 18.7. The predicted molar refractivity (Wildman–Crippen MR) is 269 cm³/mol. The Labute approximate surface area is 422 Å². The summed E-state index contributed by atoms with van der Waals surface area (Å²) in [6, 6.07) is 0.665. The van der Waals surface area contributed by atoms with E-state index in [0.717, 1.165) is 125 Å². The molecule has 0 atom stereocenters. The van der Waals surface area contributed by atoms with Gasteiger partial charge in [0.05, 0.1) is 60.4 Å². The molecule has 1 aliphatic heterocycles. The third-order valence-corrected chi connectivity index (χ3v) is 14.7. The Bertz CT molecular complexity index is 2980. The second kappa shape index (κ2) is 22.5. The number of fused-ring (bicyclic) bond motifs is 9. The Kier molecular flexibility index (Phi) is 16.3. The summed E-state index contributed by atoms with van der Waals surface area (Å²) in [5, 5.41) is 24.3. The summed E-state index contributed by atoms with van der Waals surface area (Å²) in [5.41, 5.74) is 27.8. The number of carbonyl (C=O) groups excluding carboxylic acids is 4. The molecule has 0 bridgehead atoms. The Morgan fingerprint density at radius 1 is 0.620 bits per heavy atom. The van der Waals surface area contributed by atoms with Crippen LogP contribution in [0.5, 0.6) is 0 Å². The van der Waals surface area contributed by atoms with Crippen LogP contribution in [0.2, 0.25) is 0 Å². The first-order chi connectivity index (χ1) is 34.3. The average Bonchev–Trinajstić information content (AvgIpc) is 4.08. The van der Waals surface area contributed by atoms with Crippen molar-refractivity contribution in [3.8, 4) is 34.2 Å². The van der Waals surface area contributed by atoms with Crippen LogP contribution in [-0.2, 0) is 63.0 Å². The van der Waals surface area contributed by atoms with Gasteiger partial charge in [-0.2, -0.15) is 15.3 Å². The summed E-state index contributed by atoms with van der Waals surface area (Å²) in [4.78, 5) is 77.6. The van der Waals surface area contributed by atoms with Crippen LogP contribution in [0.25, 0.3) is 34.2 Å². The Balaban J connectivity index is 0.000000146. The van der Waals surface area contributed by atoms with E-state index in [2.05, 4.69) is 64.1 Å². The lowest BCUT2D eigenvalue weighted by molar-refractivity contribution is -0.108. The standard InChI is InChI=1S/C20H29N7OS.C13H15N5O2S.C13H13N5O2S/c1-25(2)14-6-8-26(9-7-14)10-11-27-18-15(17(24-27)19(21)28)5-4-13-12-22-20(29-3)23-16(13)18;2*1-21-13-15-6-7-2-3-8-10(12(14)20)17-18(4-5-19)11(8)9(7)16-13/h12,14H,4-11H2,1-3H3,(H2,21,28);6,19H,2-5H2,1H3,(H2,14,20);5-6H,2-4H2,1H3,(H2,14,20). The number of amides is 3. The van der Waals surface area contributed by atoms with Crippen LogP contribution in [0.1, 0.15) is 77.7 Å². The van der Waals surface area contributed by atoms with Crippen LogP contribution in [-0.4, -0.2) is 163 Å². The fourth-order valence-corrected chi connectivity index (χ4v) is 10.5. The lowest BCUT2D eigenvalue weighted by atomic mass is 9.93. The smallest absolute Gasteiger partial charge is 0.269 e. The zero-order valence-corrected chi connectivity index (χ0v) is 42.7. The minimum absolute atomic E-state index is 0.0632. The maximum absolute atomic E-state index is 12.0. The molecule has 374 valence electrons. The molecule has 0 saturated carbocycles. The van der Waals surface area contributed by atoms with E-state index in [4.69, 9.17) is 22.2 Å². The van der Waals surface area contributed by atoms with Crippen LogP contribution >= 0.6 is 35.3 Å². The zero-order chi connectivity index (χ0) is 50.5. The highest BCUT2D eigenvalue weighted by Gasteiger charge is 2.32. The molecule has 0 radical (unpaired) electrons. The summed E-state index contributed by atoms with van der Waals surface area (Å²) in [7, 11) is 4.31. The number of aromatic nitrogens is 12. The molecule has 25 heteroatoms. The number of primary amides is 3. The van der Waals surface area contributed by atoms with Gasteiger partial charge >= 0.3 is 0 Å². The van der Waals surface area contributed by atoms with Crippen molar-refractivity contribution in [2.75, 3.05) is 59.1 Å². The van der Waals surface area contributed by atoms with E-state index in [0.29, 0.717) is 47.1 Å². The van der Waals surface area contributed by atoms with Gasteiger partial charge in [0.25, 0.3) is 17.7 Å². The number of rotatable bonds is 14. The summed E-state index contributed by atoms with van der Waals surface area (Å²) < 4.78 is 5.06. The average molecular weight is 1020 g/mol. The number of piperidine rings is 1. The summed E-state index contributed by atoms with van der Waals surface area (Å²) in [6.45, 7) is 4.10. The number of aliphatic hydroxyl groups is 1. The topological polar surface area (TPSA) is 304 Å². The van der Waals surface area contributed by atoms with Gasteiger partial charge in [0.1, 0.15) is 6.29 Å². The lowest BCUT2D eigenvalue weighted by Gasteiger charge is -2.35. The van der Waals surface area contributed by atoms with Gasteiger partial charge in [-0.1, -0.05) is 35.3 Å². The van der Waals surface area contributed by atoms with Gasteiger partial charge in [0.2, 0.25) is 0 Å². The minimum atomic E-state index is -0.585. The summed E-state index contributed by atoms with van der Waals surface area (Å²) >= 11 is 4.41. The first-order valence-corrected chi connectivity index (χ1v) is 26.8. The van der Waals surface area contributed by atoms with Gasteiger partial charge in [-0.05, 0) is 114 Å². The molecule has 1 saturated heterocycles. The fraction of sp³-hybridized carbons (Fsp3) is 0.457. The van der Waals surface area contributed by atoms with Crippen molar-refractivity contribution in [1.82, 2.24) is 69.0 Å². The van der Waals surface area contributed by atoms with Crippen LogP contribution in [0, 0.1) is 0 Å². The van der Waals surface area contributed by atoms with E-state index in [-0.39, 0.29) is 24.5 Å². The molecular weight excluding hydrogens is 967 g/mol. The fourth-order valence-electron chi connectivity index (χ4n) is 9.52. The van der Waals surface area contributed by atoms with Gasteiger partial charge < -0.3 is 36.9 Å². The molecule has 10 rings (SSSR count). The number of aliphatic hydroxyl groups excluding tert-OH is 1.